The second kappa shape index (κ2) is 4.74. The summed E-state index contributed by atoms with van der Waals surface area (Å²) < 4.78 is 5.79. The minimum absolute atomic E-state index is 0.433. The molecule has 5 heteroatoms. The quantitative estimate of drug-likeness (QED) is 0.723. The van der Waals surface area contributed by atoms with Crippen molar-refractivity contribution in [2.24, 2.45) is 0 Å². The molecule has 2 N–H and O–H groups in total. The molecule has 0 amide bonds. The third-order valence-corrected chi connectivity index (χ3v) is 3.02. The summed E-state index contributed by atoms with van der Waals surface area (Å²) in [6.45, 7) is 0. The predicted octanol–water partition coefficient (Wildman–Crippen LogP) is 3.66. The Balaban J connectivity index is 2.11. The Morgan fingerprint density at radius 3 is 2.74 bits per heavy atom. The molecule has 0 saturated carbocycles. The van der Waals surface area contributed by atoms with Crippen LogP contribution in [-0.4, -0.2) is 10.2 Å². The molecule has 0 saturated heterocycles. The molecule has 0 atom stereocenters. The van der Waals surface area contributed by atoms with E-state index in [1.54, 1.807) is 24.4 Å². The number of anilines is 1. The number of hydrogen-bond donors (Lipinski definition) is 1. The van der Waals surface area contributed by atoms with Gasteiger partial charge in [0, 0.05) is 5.39 Å². The maximum atomic E-state index is 6.09. The number of para-hydroxylation sites is 1. The molecule has 0 aliphatic rings. The van der Waals surface area contributed by atoms with Crippen LogP contribution in [0.25, 0.3) is 10.9 Å². The minimum Gasteiger partial charge on any atom is -0.451 e. The molecule has 0 spiro atoms. The highest BCUT2D eigenvalue weighted by Gasteiger charge is 2.10. The highest BCUT2D eigenvalue weighted by atomic mass is 35.5. The van der Waals surface area contributed by atoms with Crippen LogP contribution in [0.1, 0.15) is 0 Å². The Morgan fingerprint density at radius 2 is 1.89 bits per heavy atom. The van der Waals surface area contributed by atoms with Crippen LogP contribution in [0.2, 0.25) is 5.02 Å². The highest BCUT2D eigenvalue weighted by molar-refractivity contribution is 6.32. The molecule has 0 radical (unpaired) electrons. The molecular weight excluding hydrogens is 262 g/mol. The standard InChI is InChI=1S/C14H10ClN3O/c15-10-5-3-6-11(16)14(10)19-13-8-17-18-12-7-2-1-4-9(12)13/h1-8H,16H2. The SMILES string of the molecule is Nc1cccc(Cl)c1Oc1cnnc2ccccc12. The lowest BCUT2D eigenvalue weighted by Crippen LogP contribution is -1.95. The molecule has 1 heterocycles. The largest absolute Gasteiger partial charge is 0.451 e. The number of ether oxygens (including phenoxy) is 1. The van der Waals surface area contributed by atoms with Crippen molar-refractivity contribution in [2.75, 3.05) is 5.73 Å². The normalized spacial score (nSPS) is 10.6. The third kappa shape index (κ3) is 2.18. The fourth-order valence-corrected chi connectivity index (χ4v) is 2.03. The Labute approximate surface area is 114 Å². The van der Waals surface area contributed by atoms with Gasteiger partial charge in [0.1, 0.15) is 0 Å². The number of nitrogens with zero attached hydrogens (tertiary/aromatic N) is 2. The Kier molecular flexibility index (Phi) is 2.93. The van der Waals surface area contributed by atoms with Gasteiger partial charge < -0.3 is 10.5 Å². The molecule has 4 nitrogen and oxygen atoms in total. The van der Waals surface area contributed by atoms with Gasteiger partial charge in [-0.05, 0) is 24.3 Å². The van der Waals surface area contributed by atoms with E-state index in [2.05, 4.69) is 10.2 Å². The van der Waals surface area contributed by atoms with Crippen molar-refractivity contribution in [2.45, 2.75) is 0 Å². The first-order chi connectivity index (χ1) is 9.25. The van der Waals surface area contributed by atoms with E-state index in [1.807, 2.05) is 24.3 Å². The van der Waals surface area contributed by atoms with Crippen LogP contribution in [0.15, 0.2) is 48.7 Å². The average Bonchev–Trinajstić information content (AvgIpc) is 2.43. The summed E-state index contributed by atoms with van der Waals surface area (Å²) in [5, 5.41) is 9.26. The maximum absolute atomic E-state index is 6.09. The second-order valence-corrected chi connectivity index (χ2v) is 4.39. The summed E-state index contributed by atoms with van der Waals surface area (Å²) in [5.41, 5.74) is 7.10. The summed E-state index contributed by atoms with van der Waals surface area (Å²) in [4.78, 5) is 0. The molecule has 0 aliphatic heterocycles. The van der Waals surface area contributed by atoms with Crippen molar-refractivity contribution in [3.63, 3.8) is 0 Å². The lowest BCUT2D eigenvalue weighted by atomic mass is 10.2. The van der Waals surface area contributed by atoms with Gasteiger partial charge in [-0.3, -0.25) is 0 Å². The van der Waals surface area contributed by atoms with Crippen LogP contribution in [0.4, 0.5) is 5.69 Å². The first-order valence-corrected chi connectivity index (χ1v) is 6.06. The highest BCUT2D eigenvalue weighted by Crippen LogP contribution is 2.36. The monoisotopic (exact) mass is 271 g/mol. The van der Waals surface area contributed by atoms with E-state index in [0.717, 1.165) is 10.9 Å². The van der Waals surface area contributed by atoms with E-state index in [9.17, 15) is 0 Å². The molecular formula is C14H10ClN3O. The zero-order valence-corrected chi connectivity index (χ0v) is 10.6. The van der Waals surface area contributed by atoms with Gasteiger partial charge in [0.05, 0.1) is 22.4 Å². The van der Waals surface area contributed by atoms with Crippen molar-refractivity contribution in [1.29, 1.82) is 0 Å². The number of fused-ring (bicyclic) bond motifs is 1. The van der Waals surface area contributed by atoms with E-state index in [-0.39, 0.29) is 0 Å². The number of benzene rings is 2. The van der Waals surface area contributed by atoms with Gasteiger partial charge in [-0.2, -0.15) is 10.2 Å². The number of hydrogen-bond acceptors (Lipinski definition) is 4. The summed E-state index contributed by atoms with van der Waals surface area (Å²) in [7, 11) is 0. The van der Waals surface area contributed by atoms with Crippen molar-refractivity contribution in [3.8, 4) is 11.5 Å². The van der Waals surface area contributed by atoms with Crippen LogP contribution in [0.5, 0.6) is 11.5 Å². The average molecular weight is 272 g/mol. The fraction of sp³-hybridized carbons (Fsp3) is 0. The van der Waals surface area contributed by atoms with E-state index in [1.165, 1.54) is 0 Å². The Morgan fingerprint density at radius 1 is 1.05 bits per heavy atom. The first-order valence-electron chi connectivity index (χ1n) is 5.68. The number of aromatic nitrogens is 2. The number of nitrogen functional groups attached to an aromatic ring is 1. The van der Waals surface area contributed by atoms with Gasteiger partial charge in [-0.1, -0.05) is 29.8 Å². The van der Waals surface area contributed by atoms with E-state index in [0.29, 0.717) is 22.2 Å². The van der Waals surface area contributed by atoms with Crippen LogP contribution in [-0.2, 0) is 0 Å². The van der Waals surface area contributed by atoms with Gasteiger partial charge in [0.25, 0.3) is 0 Å². The topological polar surface area (TPSA) is 61.0 Å². The molecule has 19 heavy (non-hydrogen) atoms. The smallest absolute Gasteiger partial charge is 0.168 e. The zero-order chi connectivity index (χ0) is 13.2. The van der Waals surface area contributed by atoms with Crippen molar-refractivity contribution >= 4 is 28.2 Å². The van der Waals surface area contributed by atoms with Crippen LogP contribution in [0, 0.1) is 0 Å². The molecule has 0 unspecified atom stereocenters. The Hall–Kier alpha value is -2.33. The summed E-state index contributed by atoms with van der Waals surface area (Å²) >= 11 is 6.09. The number of nitrogens with two attached hydrogens (primary N) is 1. The second-order valence-electron chi connectivity index (χ2n) is 3.99. The van der Waals surface area contributed by atoms with Crippen LogP contribution in [0.3, 0.4) is 0 Å². The van der Waals surface area contributed by atoms with Gasteiger partial charge in [-0.25, -0.2) is 0 Å². The molecule has 2 aromatic carbocycles. The summed E-state index contributed by atoms with van der Waals surface area (Å²) in [6, 6.07) is 12.8. The van der Waals surface area contributed by atoms with E-state index < -0.39 is 0 Å². The maximum Gasteiger partial charge on any atom is 0.168 e. The molecule has 3 aromatic rings. The van der Waals surface area contributed by atoms with Gasteiger partial charge in [-0.15, -0.1) is 0 Å². The van der Waals surface area contributed by atoms with Crippen LogP contribution < -0.4 is 10.5 Å². The molecule has 0 aliphatic carbocycles. The molecule has 0 fully saturated rings. The molecule has 0 bridgehead atoms. The third-order valence-electron chi connectivity index (χ3n) is 2.72. The predicted molar refractivity (Wildman–Crippen MR) is 75.5 cm³/mol. The van der Waals surface area contributed by atoms with E-state index >= 15 is 0 Å². The Bertz CT molecular complexity index is 720. The number of halogens is 1. The minimum atomic E-state index is 0.433. The molecule has 94 valence electrons. The number of rotatable bonds is 2. The van der Waals surface area contributed by atoms with E-state index in [4.69, 9.17) is 22.1 Å². The van der Waals surface area contributed by atoms with Crippen LogP contribution >= 0.6 is 11.6 Å². The van der Waals surface area contributed by atoms with Gasteiger partial charge >= 0.3 is 0 Å². The summed E-state index contributed by atoms with van der Waals surface area (Å²) in [5.74, 6) is 1.01. The van der Waals surface area contributed by atoms with Crippen molar-refractivity contribution < 1.29 is 4.74 Å². The van der Waals surface area contributed by atoms with Crippen molar-refractivity contribution in [3.05, 3.63) is 53.7 Å². The summed E-state index contributed by atoms with van der Waals surface area (Å²) in [6.07, 6.45) is 1.55. The first kappa shape index (κ1) is 11.7. The molecule has 1 aromatic heterocycles. The lowest BCUT2D eigenvalue weighted by Gasteiger charge is -2.11. The van der Waals surface area contributed by atoms with Gasteiger partial charge in [0.15, 0.2) is 11.5 Å². The zero-order valence-electron chi connectivity index (χ0n) is 9.88. The lowest BCUT2D eigenvalue weighted by molar-refractivity contribution is 0.487. The molecule has 3 rings (SSSR count). The van der Waals surface area contributed by atoms with Gasteiger partial charge in [0.2, 0.25) is 0 Å². The van der Waals surface area contributed by atoms with Crippen molar-refractivity contribution in [1.82, 2.24) is 10.2 Å². The fourth-order valence-electron chi connectivity index (χ4n) is 1.81.